The lowest BCUT2D eigenvalue weighted by atomic mass is 9.95. The number of benzene rings is 2. The minimum atomic E-state index is -0.189. The second kappa shape index (κ2) is 7.00. The van der Waals surface area contributed by atoms with Gasteiger partial charge >= 0.3 is 0 Å². The molecule has 20 heavy (non-hydrogen) atoms. The van der Waals surface area contributed by atoms with E-state index in [1.165, 1.54) is 15.2 Å². The number of halogens is 3. The predicted molar refractivity (Wildman–Crippen MR) is 93.5 cm³/mol. The van der Waals surface area contributed by atoms with Crippen LogP contribution in [0.15, 0.2) is 40.9 Å². The molecule has 0 aliphatic carbocycles. The van der Waals surface area contributed by atoms with Crippen LogP contribution in [0.2, 0.25) is 0 Å². The summed E-state index contributed by atoms with van der Waals surface area (Å²) >= 11 is 5.87. The minimum absolute atomic E-state index is 0.0741. The summed E-state index contributed by atoms with van der Waals surface area (Å²) in [5.41, 5.74) is 3.28. The highest BCUT2D eigenvalue weighted by Gasteiger charge is 2.18. The third-order valence-corrected chi connectivity index (χ3v) is 4.70. The molecule has 2 aromatic rings. The van der Waals surface area contributed by atoms with E-state index >= 15 is 0 Å². The molecule has 0 spiro atoms. The molecule has 0 aliphatic rings. The third kappa shape index (κ3) is 3.59. The van der Waals surface area contributed by atoms with Crippen molar-refractivity contribution in [2.75, 3.05) is 6.54 Å². The number of nitrogens with one attached hydrogen (secondary N) is 1. The number of aryl methyl sites for hydroxylation is 1. The summed E-state index contributed by atoms with van der Waals surface area (Å²) in [7, 11) is 0. The van der Waals surface area contributed by atoms with Gasteiger partial charge in [-0.2, -0.15) is 0 Å². The summed E-state index contributed by atoms with van der Waals surface area (Å²) in [6, 6.07) is 11.3. The second-order valence-corrected chi connectivity index (χ2v) is 6.74. The van der Waals surface area contributed by atoms with Crippen LogP contribution in [0.3, 0.4) is 0 Å². The molecule has 0 aliphatic heterocycles. The van der Waals surface area contributed by atoms with Crippen LogP contribution in [-0.4, -0.2) is 6.54 Å². The Morgan fingerprint density at radius 3 is 2.60 bits per heavy atom. The van der Waals surface area contributed by atoms with Gasteiger partial charge in [-0.1, -0.05) is 28.9 Å². The van der Waals surface area contributed by atoms with Crippen LogP contribution in [0, 0.1) is 16.3 Å². The Hall–Kier alpha value is -0.460. The maximum atomic E-state index is 13.3. The first-order valence-electron chi connectivity index (χ1n) is 6.47. The first-order chi connectivity index (χ1) is 9.52. The molecule has 1 nitrogen and oxygen atoms in total. The smallest absolute Gasteiger partial charge is 0.123 e. The fourth-order valence-corrected chi connectivity index (χ4v) is 3.32. The van der Waals surface area contributed by atoms with Gasteiger partial charge in [0, 0.05) is 8.04 Å². The van der Waals surface area contributed by atoms with Crippen molar-refractivity contribution in [1.82, 2.24) is 5.32 Å². The van der Waals surface area contributed by atoms with Crippen LogP contribution in [0.25, 0.3) is 0 Å². The summed E-state index contributed by atoms with van der Waals surface area (Å²) in [6.07, 6.45) is 0. The van der Waals surface area contributed by atoms with Gasteiger partial charge in [-0.3, -0.25) is 0 Å². The van der Waals surface area contributed by atoms with Crippen molar-refractivity contribution < 1.29 is 4.39 Å². The summed E-state index contributed by atoms with van der Waals surface area (Å²) in [5.74, 6) is -0.189. The van der Waals surface area contributed by atoms with E-state index in [1.807, 2.05) is 19.1 Å². The molecule has 0 saturated heterocycles. The Balaban J connectivity index is 2.53. The van der Waals surface area contributed by atoms with Gasteiger partial charge in [0.2, 0.25) is 0 Å². The van der Waals surface area contributed by atoms with Crippen LogP contribution >= 0.6 is 38.5 Å². The average Bonchev–Trinajstić information content (AvgIpc) is 2.40. The molecular formula is C16H16BrFIN. The van der Waals surface area contributed by atoms with E-state index in [-0.39, 0.29) is 11.9 Å². The Labute approximate surface area is 141 Å². The van der Waals surface area contributed by atoms with Crippen molar-refractivity contribution in [3.63, 3.8) is 0 Å². The normalized spacial score (nSPS) is 12.4. The van der Waals surface area contributed by atoms with E-state index in [1.54, 1.807) is 6.07 Å². The maximum absolute atomic E-state index is 13.3. The van der Waals surface area contributed by atoms with Crippen molar-refractivity contribution in [1.29, 1.82) is 0 Å². The topological polar surface area (TPSA) is 12.0 Å². The zero-order valence-electron chi connectivity index (χ0n) is 11.4. The van der Waals surface area contributed by atoms with E-state index in [0.29, 0.717) is 0 Å². The molecule has 0 bridgehead atoms. The van der Waals surface area contributed by atoms with Gasteiger partial charge in [-0.25, -0.2) is 4.39 Å². The molecule has 1 unspecified atom stereocenters. The first kappa shape index (κ1) is 15.9. The highest BCUT2D eigenvalue weighted by molar-refractivity contribution is 14.1. The maximum Gasteiger partial charge on any atom is 0.123 e. The predicted octanol–water partition coefficient (Wildman–Crippen LogP) is 5.20. The Kier molecular flexibility index (Phi) is 5.57. The third-order valence-electron chi connectivity index (χ3n) is 3.22. The monoisotopic (exact) mass is 447 g/mol. The van der Waals surface area contributed by atoms with Crippen molar-refractivity contribution >= 4 is 38.5 Å². The standard InChI is InChI=1S/C16H16BrFIN/c1-3-20-16(13-6-5-12(18)8-10(13)2)14-9-11(17)4-7-15(14)19/h4-9,16,20H,3H2,1-2H3. The average molecular weight is 448 g/mol. The zero-order chi connectivity index (χ0) is 14.7. The molecule has 106 valence electrons. The van der Waals surface area contributed by atoms with Gasteiger partial charge < -0.3 is 5.32 Å². The van der Waals surface area contributed by atoms with Crippen molar-refractivity contribution in [2.45, 2.75) is 19.9 Å². The fourth-order valence-electron chi connectivity index (χ4n) is 2.29. The SMILES string of the molecule is CCNC(c1ccc(F)cc1C)c1cc(Br)ccc1I. The molecule has 0 amide bonds. The Bertz CT molecular complexity index is 615. The van der Waals surface area contributed by atoms with E-state index < -0.39 is 0 Å². The lowest BCUT2D eigenvalue weighted by Gasteiger charge is -2.22. The van der Waals surface area contributed by atoms with Gasteiger partial charge in [0.15, 0.2) is 0 Å². The van der Waals surface area contributed by atoms with Crippen molar-refractivity contribution in [3.8, 4) is 0 Å². The number of rotatable bonds is 4. The van der Waals surface area contributed by atoms with Crippen LogP contribution in [0.1, 0.15) is 29.7 Å². The van der Waals surface area contributed by atoms with E-state index in [4.69, 9.17) is 0 Å². The van der Waals surface area contributed by atoms with Gasteiger partial charge in [0.1, 0.15) is 5.82 Å². The van der Waals surface area contributed by atoms with Gasteiger partial charge in [0.25, 0.3) is 0 Å². The van der Waals surface area contributed by atoms with Crippen LogP contribution in [0.5, 0.6) is 0 Å². The van der Waals surface area contributed by atoms with Gasteiger partial charge in [-0.15, -0.1) is 0 Å². The Morgan fingerprint density at radius 2 is 1.95 bits per heavy atom. The van der Waals surface area contributed by atoms with Gasteiger partial charge in [-0.05, 0) is 83.1 Å². The van der Waals surface area contributed by atoms with Crippen molar-refractivity contribution in [3.05, 3.63) is 66.9 Å². The molecule has 0 saturated carbocycles. The number of hydrogen-bond acceptors (Lipinski definition) is 1. The van der Waals surface area contributed by atoms with E-state index in [9.17, 15) is 4.39 Å². The van der Waals surface area contributed by atoms with Gasteiger partial charge in [0.05, 0.1) is 6.04 Å². The summed E-state index contributed by atoms with van der Waals surface area (Å²) in [5, 5.41) is 3.50. The lowest BCUT2D eigenvalue weighted by Crippen LogP contribution is -2.23. The molecule has 1 atom stereocenters. The lowest BCUT2D eigenvalue weighted by molar-refractivity contribution is 0.608. The summed E-state index contributed by atoms with van der Waals surface area (Å²) < 4.78 is 15.6. The molecule has 0 fully saturated rings. The van der Waals surface area contributed by atoms with Crippen molar-refractivity contribution in [2.24, 2.45) is 0 Å². The summed E-state index contributed by atoms with van der Waals surface area (Å²) in [4.78, 5) is 0. The molecule has 0 radical (unpaired) electrons. The molecule has 2 rings (SSSR count). The molecule has 0 heterocycles. The quantitative estimate of drug-likeness (QED) is 0.635. The summed E-state index contributed by atoms with van der Waals surface area (Å²) in [6.45, 7) is 4.88. The Morgan fingerprint density at radius 1 is 1.20 bits per heavy atom. The minimum Gasteiger partial charge on any atom is -0.306 e. The van der Waals surface area contributed by atoms with Crippen LogP contribution in [0.4, 0.5) is 4.39 Å². The molecule has 1 N–H and O–H groups in total. The largest absolute Gasteiger partial charge is 0.306 e. The number of hydrogen-bond donors (Lipinski definition) is 1. The molecule has 0 aromatic heterocycles. The molecule has 2 aromatic carbocycles. The van der Waals surface area contributed by atoms with E-state index in [2.05, 4.69) is 62.9 Å². The highest BCUT2D eigenvalue weighted by atomic mass is 127. The molecule has 4 heteroatoms. The fraction of sp³-hybridized carbons (Fsp3) is 0.250. The zero-order valence-corrected chi connectivity index (χ0v) is 15.1. The molecular weight excluding hydrogens is 432 g/mol. The van der Waals surface area contributed by atoms with Crippen LogP contribution in [-0.2, 0) is 0 Å². The first-order valence-corrected chi connectivity index (χ1v) is 8.34. The second-order valence-electron chi connectivity index (χ2n) is 4.66. The van der Waals surface area contributed by atoms with E-state index in [0.717, 1.165) is 22.1 Å². The highest BCUT2D eigenvalue weighted by Crippen LogP contribution is 2.30. The van der Waals surface area contributed by atoms with Crippen LogP contribution < -0.4 is 5.32 Å².